The van der Waals surface area contributed by atoms with Crippen LogP contribution in [0.5, 0.6) is 0 Å². The molecule has 8 nitrogen and oxygen atoms in total. The third-order valence-electron chi connectivity index (χ3n) is 6.74. The Bertz CT molecular complexity index is 1620. The van der Waals surface area contributed by atoms with E-state index in [0.29, 0.717) is 15.1 Å². The van der Waals surface area contributed by atoms with Gasteiger partial charge in [0.25, 0.3) is 0 Å². The van der Waals surface area contributed by atoms with Gasteiger partial charge in [-0.15, -0.1) is 0 Å². The van der Waals surface area contributed by atoms with Crippen molar-refractivity contribution in [2.75, 3.05) is 6.61 Å². The van der Waals surface area contributed by atoms with Gasteiger partial charge in [-0.05, 0) is 84.9 Å². The predicted molar refractivity (Wildman–Crippen MR) is 170 cm³/mol. The van der Waals surface area contributed by atoms with E-state index >= 15 is 0 Å². The van der Waals surface area contributed by atoms with Gasteiger partial charge in [-0.1, -0.05) is 64.8 Å². The number of ether oxygens (including phenoxy) is 4. The summed E-state index contributed by atoms with van der Waals surface area (Å²) in [5.74, 6) is -2.38. The molecule has 5 rings (SSSR count). The first-order chi connectivity index (χ1) is 21.7. The molecule has 0 radical (unpaired) electrons. The van der Waals surface area contributed by atoms with Gasteiger partial charge in [-0.3, -0.25) is 0 Å². The van der Waals surface area contributed by atoms with Crippen LogP contribution >= 0.6 is 46.6 Å². The quantitative estimate of drug-likeness (QED) is 0.145. The fourth-order valence-corrected chi connectivity index (χ4v) is 5.99. The van der Waals surface area contributed by atoms with Crippen LogP contribution in [0.15, 0.2) is 108 Å². The molecule has 5 atom stereocenters. The van der Waals surface area contributed by atoms with E-state index < -0.39 is 54.4 Å². The molecule has 1 fully saturated rings. The molecule has 0 aliphatic carbocycles. The zero-order valence-electron chi connectivity index (χ0n) is 23.3. The van der Waals surface area contributed by atoms with Crippen molar-refractivity contribution >= 4 is 64.5 Å². The molecule has 0 amide bonds. The van der Waals surface area contributed by atoms with E-state index in [0.717, 1.165) is 4.90 Å². The summed E-state index contributed by atoms with van der Waals surface area (Å²) in [6.07, 6.45) is -5.31. The molecular weight excluding hydrogens is 663 g/mol. The monoisotopic (exact) mass is 686 g/mol. The van der Waals surface area contributed by atoms with Crippen molar-refractivity contribution in [1.29, 1.82) is 0 Å². The van der Waals surface area contributed by atoms with Crippen molar-refractivity contribution in [3.8, 4) is 0 Å². The van der Waals surface area contributed by atoms with Crippen molar-refractivity contribution in [1.82, 2.24) is 0 Å². The lowest BCUT2D eigenvalue weighted by molar-refractivity contribution is -0.207. The number of esters is 3. The largest absolute Gasteiger partial charge is 0.452 e. The van der Waals surface area contributed by atoms with Gasteiger partial charge in [0.15, 0.2) is 18.3 Å². The second-order valence-corrected chi connectivity index (χ2v) is 12.3. The van der Waals surface area contributed by atoms with Gasteiger partial charge in [0, 0.05) is 20.0 Å². The van der Waals surface area contributed by atoms with Crippen LogP contribution in [0.25, 0.3) is 0 Å². The molecule has 1 saturated heterocycles. The number of aliphatic hydroxyl groups is 1. The van der Waals surface area contributed by atoms with E-state index in [2.05, 4.69) is 0 Å². The SMILES string of the molecule is O=C(O[C@@H]1[C@@H](OC(=O)c2ccc(Cl)cc2)[C@H](Sc2ccccc2)O[C@H](CO)[C@H]1OC(=O)c1ccc(Cl)cc1)c1ccc(Cl)cc1. The number of rotatable bonds is 9. The van der Waals surface area contributed by atoms with Crippen LogP contribution in [0.3, 0.4) is 0 Å². The topological polar surface area (TPSA) is 108 Å². The maximum atomic E-state index is 13.5. The molecule has 232 valence electrons. The van der Waals surface area contributed by atoms with E-state index in [1.54, 1.807) is 0 Å². The van der Waals surface area contributed by atoms with Crippen LogP contribution in [0, 0.1) is 0 Å². The first-order valence-electron chi connectivity index (χ1n) is 13.6. The summed E-state index contributed by atoms with van der Waals surface area (Å²) in [5.41, 5.74) is -0.544. The van der Waals surface area contributed by atoms with E-state index in [1.807, 2.05) is 30.3 Å². The molecule has 0 unspecified atom stereocenters. The number of halogens is 3. The summed E-state index contributed by atoms with van der Waals surface area (Å²) < 4.78 is 24.0. The second kappa shape index (κ2) is 15.1. The van der Waals surface area contributed by atoms with Gasteiger partial charge in [0.1, 0.15) is 11.5 Å². The van der Waals surface area contributed by atoms with E-state index in [-0.39, 0.29) is 16.7 Å². The van der Waals surface area contributed by atoms with Crippen molar-refractivity contribution in [2.45, 2.75) is 34.7 Å². The Morgan fingerprint density at radius 2 is 1.00 bits per heavy atom. The molecule has 1 N–H and O–H groups in total. The van der Waals surface area contributed by atoms with Crippen molar-refractivity contribution in [3.05, 3.63) is 135 Å². The number of hydrogen-bond donors (Lipinski definition) is 1. The smallest absolute Gasteiger partial charge is 0.338 e. The van der Waals surface area contributed by atoms with Crippen LogP contribution in [0.2, 0.25) is 15.1 Å². The molecule has 1 aliphatic heterocycles. The molecule has 4 aromatic rings. The van der Waals surface area contributed by atoms with Gasteiger partial charge in [0.2, 0.25) is 0 Å². The fourth-order valence-electron chi connectivity index (χ4n) is 4.49. The first-order valence-corrected chi connectivity index (χ1v) is 15.6. The summed E-state index contributed by atoms with van der Waals surface area (Å²) in [5, 5.41) is 11.6. The molecule has 4 aromatic carbocycles. The Balaban J connectivity index is 1.54. The molecule has 45 heavy (non-hydrogen) atoms. The molecule has 1 heterocycles. The lowest BCUT2D eigenvalue weighted by Gasteiger charge is -2.44. The first kappa shape index (κ1) is 32.8. The Labute approximate surface area is 278 Å². The number of aliphatic hydroxyl groups excluding tert-OH is 1. The standard InChI is InChI=1S/C33H25Cl3O8S/c34-22-12-6-19(7-13-22)30(38)42-27-26(18-37)41-33(45-25-4-2-1-3-5-25)29(44-32(40)21-10-16-24(36)17-11-21)28(27)43-31(39)20-8-14-23(35)15-9-20/h1-17,26-29,33,37H,18H2/t26-,27-,28+,29-,33+/m1/s1. The molecule has 0 saturated carbocycles. The predicted octanol–water partition coefficient (Wildman–Crippen LogP) is 7.13. The minimum Gasteiger partial charge on any atom is -0.452 e. The van der Waals surface area contributed by atoms with Gasteiger partial charge in [-0.25, -0.2) is 14.4 Å². The lowest BCUT2D eigenvalue weighted by atomic mass is 9.98. The molecule has 0 aromatic heterocycles. The highest BCUT2D eigenvalue weighted by molar-refractivity contribution is 7.99. The van der Waals surface area contributed by atoms with Gasteiger partial charge >= 0.3 is 17.9 Å². The molecule has 1 aliphatic rings. The van der Waals surface area contributed by atoms with Crippen LogP contribution in [0.4, 0.5) is 0 Å². The zero-order chi connectivity index (χ0) is 31.9. The number of thioether (sulfide) groups is 1. The van der Waals surface area contributed by atoms with E-state index in [1.165, 1.54) is 84.6 Å². The summed E-state index contributed by atoms with van der Waals surface area (Å²) in [6, 6.07) is 27.1. The van der Waals surface area contributed by atoms with Gasteiger partial charge in [-0.2, -0.15) is 0 Å². The highest BCUT2D eigenvalue weighted by Crippen LogP contribution is 2.38. The van der Waals surface area contributed by atoms with Crippen molar-refractivity contribution in [2.24, 2.45) is 0 Å². The van der Waals surface area contributed by atoms with Crippen LogP contribution < -0.4 is 0 Å². The Kier molecular flexibility index (Phi) is 11.0. The van der Waals surface area contributed by atoms with Gasteiger partial charge in [0.05, 0.1) is 23.3 Å². The highest BCUT2D eigenvalue weighted by atomic mass is 35.5. The average molecular weight is 688 g/mol. The summed E-state index contributed by atoms with van der Waals surface area (Å²) in [4.78, 5) is 41.0. The molecule has 0 spiro atoms. The number of carbonyl (C=O) groups excluding carboxylic acids is 3. The van der Waals surface area contributed by atoms with Crippen molar-refractivity contribution in [3.63, 3.8) is 0 Å². The maximum Gasteiger partial charge on any atom is 0.338 e. The number of carbonyl (C=O) groups is 3. The Hall–Kier alpha value is -3.57. The Morgan fingerprint density at radius 1 is 0.600 bits per heavy atom. The summed E-state index contributed by atoms with van der Waals surface area (Å²) in [6.45, 7) is -0.614. The third kappa shape index (κ3) is 8.38. The third-order valence-corrected chi connectivity index (χ3v) is 8.65. The lowest BCUT2D eigenvalue weighted by Crippen LogP contribution is -2.61. The normalized spacial score (nSPS) is 21.0. The minimum absolute atomic E-state index is 0.143. The summed E-state index contributed by atoms with van der Waals surface area (Å²) >= 11 is 19.2. The minimum atomic E-state index is -1.42. The van der Waals surface area contributed by atoms with Gasteiger partial charge < -0.3 is 24.1 Å². The van der Waals surface area contributed by atoms with E-state index in [4.69, 9.17) is 53.8 Å². The maximum absolute atomic E-state index is 13.5. The second-order valence-electron chi connectivity index (χ2n) is 9.79. The van der Waals surface area contributed by atoms with Crippen molar-refractivity contribution < 1.29 is 38.4 Å². The number of hydrogen-bond acceptors (Lipinski definition) is 9. The Morgan fingerprint density at radius 3 is 1.42 bits per heavy atom. The number of benzene rings is 4. The average Bonchev–Trinajstić information content (AvgIpc) is 3.04. The summed E-state index contributed by atoms with van der Waals surface area (Å²) in [7, 11) is 0. The molecule has 12 heteroatoms. The molecular formula is C33H25Cl3O8S. The zero-order valence-corrected chi connectivity index (χ0v) is 26.3. The van der Waals surface area contributed by atoms with E-state index in [9.17, 15) is 19.5 Å². The van der Waals surface area contributed by atoms with Crippen LogP contribution in [0.1, 0.15) is 31.1 Å². The van der Waals surface area contributed by atoms with Crippen LogP contribution in [-0.2, 0) is 18.9 Å². The fraction of sp³-hybridized carbons (Fsp3) is 0.182. The van der Waals surface area contributed by atoms with Crippen LogP contribution in [-0.4, -0.2) is 59.5 Å². The highest BCUT2D eigenvalue weighted by Gasteiger charge is 2.52. The molecule has 0 bridgehead atoms.